The molecule has 1 N–H and O–H groups in total. The molecule has 0 aliphatic heterocycles. The molecule has 0 aliphatic rings. The van der Waals surface area contributed by atoms with Gasteiger partial charge < -0.3 is 14.6 Å². The molecule has 0 unspecified atom stereocenters. The summed E-state index contributed by atoms with van der Waals surface area (Å²) in [5.41, 5.74) is 2.08. The number of benzene rings is 1. The Hall–Kier alpha value is -1.65. The molecule has 0 saturated heterocycles. The molecule has 0 amide bonds. The van der Waals surface area contributed by atoms with Crippen molar-refractivity contribution in [2.45, 2.75) is 6.92 Å². The van der Waals surface area contributed by atoms with Crippen molar-refractivity contribution in [2.24, 2.45) is 0 Å². The first kappa shape index (κ1) is 12.8. The normalized spacial score (nSPS) is 10.8. The van der Waals surface area contributed by atoms with Gasteiger partial charge in [0.1, 0.15) is 6.61 Å². The fourth-order valence-electron chi connectivity index (χ4n) is 1.76. The van der Waals surface area contributed by atoms with Crippen LogP contribution >= 0.6 is 0 Å². The zero-order valence-corrected chi connectivity index (χ0v) is 10.4. The molecule has 1 heterocycles. The maximum atomic E-state index is 8.56. The third-order valence-electron chi connectivity index (χ3n) is 2.61. The van der Waals surface area contributed by atoms with Crippen LogP contribution in [0.5, 0.6) is 5.88 Å². The first-order valence-electron chi connectivity index (χ1n) is 5.99. The predicted molar refractivity (Wildman–Crippen MR) is 69.9 cm³/mol. The van der Waals surface area contributed by atoms with E-state index in [0.29, 0.717) is 25.7 Å². The third-order valence-corrected chi connectivity index (χ3v) is 2.61. The Labute approximate surface area is 106 Å². The van der Waals surface area contributed by atoms with Gasteiger partial charge in [0.25, 0.3) is 0 Å². The molecule has 96 valence electrons. The number of hydrogen-bond acceptors (Lipinski definition) is 4. The molecule has 0 radical (unpaired) electrons. The van der Waals surface area contributed by atoms with Crippen LogP contribution in [0.15, 0.2) is 30.3 Å². The fourth-order valence-corrected chi connectivity index (χ4v) is 1.76. The molecule has 4 heteroatoms. The second-order valence-corrected chi connectivity index (χ2v) is 3.98. The molecule has 18 heavy (non-hydrogen) atoms. The van der Waals surface area contributed by atoms with Crippen molar-refractivity contribution in [3.63, 3.8) is 0 Å². The summed E-state index contributed by atoms with van der Waals surface area (Å²) in [6.45, 7) is 3.30. The van der Waals surface area contributed by atoms with Crippen LogP contribution in [-0.4, -0.2) is 36.5 Å². The molecule has 0 saturated carbocycles. The molecule has 0 fully saturated rings. The number of rotatable bonds is 6. The summed E-state index contributed by atoms with van der Waals surface area (Å²) < 4.78 is 10.6. The molecular formula is C14H17NO3. The fraction of sp³-hybridized carbons (Fsp3) is 0.357. The lowest BCUT2D eigenvalue weighted by molar-refractivity contribution is 0.0696. The van der Waals surface area contributed by atoms with E-state index in [1.54, 1.807) is 0 Å². The average molecular weight is 247 g/mol. The number of pyridine rings is 1. The summed E-state index contributed by atoms with van der Waals surface area (Å²) >= 11 is 0. The van der Waals surface area contributed by atoms with Crippen LogP contribution in [0.2, 0.25) is 0 Å². The van der Waals surface area contributed by atoms with Gasteiger partial charge in [-0.05, 0) is 18.6 Å². The average Bonchev–Trinajstić information content (AvgIpc) is 2.39. The van der Waals surface area contributed by atoms with Gasteiger partial charge in [-0.25, -0.2) is 4.98 Å². The summed E-state index contributed by atoms with van der Waals surface area (Å²) in [6.07, 6.45) is 0. The van der Waals surface area contributed by atoms with E-state index in [4.69, 9.17) is 14.6 Å². The van der Waals surface area contributed by atoms with Crippen molar-refractivity contribution in [3.8, 4) is 5.88 Å². The van der Waals surface area contributed by atoms with E-state index in [1.807, 2.05) is 37.3 Å². The highest BCUT2D eigenvalue weighted by Gasteiger charge is 2.02. The first-order valence-corrected chi connectivity index (χ1v) is 5.99. The number of fused-ring (bicyclic) bond motifs is 1. The van der Waals surface area contributed by atoms with Crippen LogP contribution in [0, 0.1) is 6.92 Å². The van der Waals surface area contributed by atoms with E-state index >= 15 is 0 Å². The number of nitrogens with zero attached hydrogens (tertiary/aromatic N) is 1. The van der Waals surface area contributed by atoms with E-state index < -0.39 is 0 Å². The third kappa shape index (κ3) is 3.18. The Morgan fingerprint density at radius 1 is 1.17 bits per heavy atom. The second-order valence-electron chi connectivity index (χ2n) is 3.98. The molecule has 1 aromatic heterocycles. The number of para-hydroxylation sites is 1. The largest absolute Gasteiger partial charge is 0.475 e. The highest BCUT2D eigenvalue weighted by atomic mass is 16.5. The topological polar surface area (TPSA) is 51.6 Å². The summed E-state index contributed by atoms with van der Waals surface area (Å²) in [4.78, 5) is 4.43. The number of aliphatic hydroxyl groups excluding tert-OH is 1. The minimum absolute atomic E-state index is 0.0351. The van der Waals surface area contributed by atoms with Gasteiger partial charge in [-0.1, -0.05) is 18.2 Å². The zero-order chi connectivity index (χ0) is 12.8. The van der Waals surface area contributed by atoms with Crippen molar-refractivity contribution >= 4 is 10.9 Å². The van der Waals surface area contributed by atoms with Crippen LogP contribution in [0.3, 0.4) is 0 Å². The van der Waals surface area contributed by atoms with Crippen molar-refractivity contribution < 1.29 is 14.6 Å². The van der Waals surface area contributed by atoms with Crippen LogP contribution < -0.4 is 4.74 Å². The van der Waals surface area contributed by atoms with Gasteiger partial charge in [0.15, 0.2) is 0 Å². The highest BCUT2D eigenvalue weighted by Crippen LogP contribution is 2.20. The van der Waals surface area contributed by atoms with Crippen LogP contribution in [-0.2, 0) is 4.74 Å². The zero-order valence-electron chi connectivity index (χ0n) is 10.4. The van der Waals surface area contributed by atoms with Crippen molar-refractivity contribution in [1.82, 2.24) is 4.98 Å². The van der Waals surface area contributed by atoms with E-state index in [9.17, 15) is 0 Å². The van der Waals surface area contributed by atoms with Gasteiger partial charge in [0.2, 0.25) is 5.88 Å². The van der Waals surface area contributed by atoms with E-state index in [0.717, 1.165) is 16.5 Å². The van der Waals surface area contributed by atoms with Crippen molar-refractivity contribution in [2.75, 3.05) is 26.4 Å². The highest BCUT2D eigenvalue weighted by molar-refractivity contribution is 5.82. The number of ether oxygens (including phenoxy) is 2. The molecule has 4 nitrogen and oxygen atoms in total. The van der Waals surface area contributed by atoms with Crippen LogP contribution in [0.25, 0.3) is 10.9 Å². The summed E-state index contributed by atoms with van der Waals surface area (Å²) in [5, 5.41) is 9.70. The van der Waals surface area contributed by atoms with Crippen LogP contribution in [0.1, 0.15) is 5.56 Å². The second kappa shape index (κ2) is 6.33. The van der Waals surface area contributed by atoms with Crippen molar-refractivity contribution in [3.05, 3.63) is 35.9 Å². The Bertz CT molecular complexity index is 513. The molecule has 2 aromatic rings. The molecule has 2 rings (SSSR count). The van der Waals surface area contributed by atoms with Gasteiger partial charge in [-0.3, -0.25) is 0 Å². The Morgan fingerprint density at radius 2 is 2.00 bits per heavy atom. The standard InChI is InChI=1S/C14H17NO3/c1-11-10-14(18-9-8-17-7-6-16)15-13-5-3-2-4-12(11)13/h2-5,10,16H,6-9H2,1H3. The van der Waals surface area contributed by atoms with Crippen molar-refractivity contribution in [1.29, 1.82) is 0 Å². The monoisotopic (exact) mass is 247 g/mol. The number of aromatic nitrogens is 1. The van der Waals surface area contributed by atoms with E-state index in [-0.39, 0.29) is 6.61 Å². The summed E-state index contributed by atoms with van der Waals surface area (Å²) in [5.74, 6) is 0.610. The number of aliphatic hydroxyl groups is 1. The van der Waals surface area contributed by atoms with Crippen LogP contribution in [0.4, 0.5) is 0 Å². The molecular weight excluding hydrogens is 230 g/mol. The summed E-state index contributed by atoms with van der Waals surface area (Å²) in [7, 11) is 0. The lowest BCUT2D eigenvalue weighted by Gasteiger charge is -2.08. The molecule has 0 atom stereocenters. The van der Waals surface area contributed by atoms with Gasteiger partial charge >= 0.3 is 0 Å². The molecule has 1 aromatic carbocycles. The molecule has 0 aliphatic carbocycles. The van der Waals surface area contributed by atoms with Gasteiger partial charge in [-0.2, -0.15) is 0 Å². The quantitative estimate of drug-likeness (QED) is 0.792. The Kier molecular flexibility index (Phi) is 4.50. The Morgan fingerprint density at radius 3 is 2.83 bits per heavy atom. The lowest BCUT2D eigenvalue weighted by atomic mass is 10.1. The first-order chi connectivity index (χ1) is 8.81. The van der Waals surface area contributed by atoms with E-state index in [1.165, 1.54) is 0 Å². The minimum atomic E-state index is 0.0351. The molecule has 0 bridgehead atoms. The predicted octanol–water partition coefficient (Wildman–Crippen LogP) is 1.93. The molecule has 0 spiro atoms. The van der Waals surface area contributed by atoms with Gasteiger partial charge in [-0.15, -0.1) is 0 Å². The SMILES string of the molecule is Cc1cc(OCCOCCO)nc2ccccc12. The maximum Gasteiger partial charge on any atom is 0.214 e. The number of aryl methyl sites for hydroxylation is 1. The lowest BCUT2D eigenvalue weighted by Crippen LogP contribution is -2.09. The van der Waals surface area contributed by atoms with Gasteiger partial charge in [0, 0.05) is 11.5 Å². The minimum Gasteiger partial charge on any atom is -0.475 e. The smallest absolute Gasteiger partial charge is 0.214 e. The van der Waals surface area contributed by atoms with Gasteiger partial charge in [0.05, 0.1) is 25.3 Å². The van der Waals surface area contributed by atoms with E-state index in [2.05, 4.69) is 4.98 Å². The maximum absolute atomic E-state index is 8.56. The number of hydrogen-bond donors (Lipinski definition) is 1. The summed E-state index contributed by atoms with van der Waals surface area (Å²) in [6, 6.07) is 9.90. The Balaban J connectivity index is 2.01.